The van der Waals surface area contributed by atoms with Crippen molar-refractivity contribution in [1.29, 1.82) is 0 Å². The van der Waals surface area contributed by atoms with E-state index in [9.17, 15) is 4.79 Å². The lowest BCUT2D eigenvalue weighted by Crippen LogP contribution is -2.17. The fourth-order valence-electron chi connectivity index (χ4n) is 11.2. The number of nitrogens with zero attached hydrogens (tertiary/aromatic N) is 3. The van der Waals surface area contributed by atoms with Crippen molar-refractivity contribution in [3.05, 3.63) is 210 Å². The van der Waals surface area contributed by atoms with Crippen LogP contribution in [0.2, 0.25) is 0 Å². The predicted molar refractivity (Wildman–Crippen MR) is 262 cm³/mol. The zero-order valence-corrected chi connectivity index (χ0v) is 34.4. The molecule has 0 aliphatic heterocycles. The molecule has 1 aliphatic carbocycles. The van der Waals surface area contributed by atoms with Gasteiger partial charge in [-0.2, -0.15) is 0 Å². The first-order chi connectivity index (χ1) is 30.4. The van der Waals surface area contributed by atoms with Gasteiger partial charge in [-0.1, -0.05) is 148 Å². The van der Waals surface area contributed by atoms with Gasteiger partial charge in [0, 0.05) is 65.6 Å². The molecule has 0 amide bonds. The van der Waals surface area contributed by atoms with E-state index in [4.69, 9.17) is 0 Å². The fraction of sp³-hybridized carbons (Fsp3) is 0.0517. The molecule has 1 aliphatic rings. The van der Waals surface area contributed by atoms with Crippen LogP contribution in [0.15, 0.2) is 182 Å². The minimum absolute atomic E-state index is 0.0748. The normalized spacial score (nSPS) is 13.3. The second-order valence-electron chi connectivity index (χ2n) is 17.3. The van der Waals surface area contributed by atoms with Crippen LogP contribution in [0.3, 0.4) is 0 Å². The molecule has 0 atom stereocenters. The molecule has 0 spiro atoms. The van der Waals surface area contributed by atoms with Gasteiger partial charge in [-0.3, -0.25) is 9.20 Å². The third-order valence-electron chi connectivity index (χ3n) is 13.9. The number of hydrogen-bond donors (Lipinski definition) is 0. The summed E-state index contributed by atoms with van der Waals surface area (Å²) in [6.45, 7) is 12.7. The van der Waals surface area contributed by atoms with E-state index >= 15 is 0 Å². The first kappa shape index (κ1) is 34.9. The van der Waals surface area contributed by atoms with Gasteiger partial charge in [0.05, 0.1) is 33.1 Å². The zero-order chi connectivity index (χ0) is 41.6. The first-order valence-electron chi connectivity index (χ1n) is 21.3. The smallest absolute Gasteiger partial charge is 0.263 e. The molecule has 0 unspecified atom stereocenters. The van der Waals surface area contributed by atoms with Crippen molar-refractivity contribution >= 4 is 83.0 Å². The van der Waals surface area contributed by atoms with Crippen LogP contribution >= 0.6 is 0 Å². The molecule has 0 bridgehead atoms. The third-order valence-corrected chi connectivity index (χ3v) is 13.9. The van der Waals surface area contributed by atoms with E-state index < -0.39 is 0 Å². The molecule has 0 radical (unpaired) electrons. The Hall–Kier alpha value is -7.95. The maximum Gasteiger partial charge on any atom is 0.263 e. The summed E-state index contributed by atoms with van der Waals surface area (Å²) in [5.41, 5.74) is 17.6. The molecule has 4 heteroatoms. The summed E-state index contributed by atoms with van der Waals surface area (Å²) in [7, 11) is 0. The lowest BCUT2D eigenvalue weighted by atomic mass is 9.82. The summed E-state index contributed by atoms with van der Waals surface area (Å²) in [5.74, 6) is 0. The highest BCUT2D eigenvalue weighted by Gasteiger charge is 2.37. The molecule has 292 valence electrons. The lowest BCUT2D eigenvalue weighted by Gasteiger charge is -2.21. The van der Waals surface area contributed by atoms with Gasteiger partial charge < -0.3 is 9.13 Å². The van der Waals surface area contributed by atoms with Crippen LogP contribution in [0.25, 0.3) is 117 Å². The van der Waals surface area contributed by atoms with Gasteiger partial charge >= 0.3 is 0 Å². The maximum absolute atomic E-state index is 13.9. The van der Waals surface area contributed by atoms with Gasteiger partial charge in [0.15, 0.2) is 0 Å². The van der Waals surface area contributed by atoms with Crippen molar-refractivity contribution in [2.24, 2.45) is 0 Å². The van der Waals surface area contributed by atoms with Crippen molar-refractivity contribution in [3.8, 4) is 33.6 Å². The van der Waals surface area contributed by atoms with E-state index in [0.717, 1.165) is 66.3 Å². The number of pyridine rings is 1. The molecule has 0 fully saturated rings. The van der Waals surface area contributed by atoms with Gasteiger partial charge in [0.1, 0.15) is 0 Å². The minimum atomic E-state index is -0.101. The number of para-hydroxylation sites is 3. The molecule has 8 aromatic carbocycles. The molecule has 4 nitrogen and oxygen atoms in total. The molecule has 12 aromatic rings. The second-order valence-corrected chi connectivity index (χ2v) is 17.3. The molecular formula is C58H39N3O. The second kappa shape index (κ2) is 12.3. The maximum atomic E-state index is 13.9. The van der Waals surface area contributed by atoms with Crippen molar-refractivity contribution in [1.82, 2.24) is 13.5 Å². The quantitative estimate of drug-likeness (QED) is 0.171. The minimum Gasteiger partial charge on any atom is -0.309 e. The fourth-order valence-corrected chi connectivity index (χ4v) is 11.2. The van der Waals surface area contributed by atoms with Gasteiger partial charge in [0.25, 0.3) is 5.56 Å². The van der Waals surface area contributed by atoms with Crippen LogP contribution in [-0.4, -0.2) is 13.5 Å². The standard InChI is InChI=1S/C58H39N3O/c1-5-38-39(6-2)57(62)61-53-29-25-35(32-46(53)43-21-14-20-42(38)55(43)61)34-15-13-16-36(31-34)59-50-23-11-9-18-41(50)47-33-37(26-30-52(47)59)60-51-24-12-8-17-40(51)44-27-28-49-54(56(44)60)45-19-7-10-22-48(45)58(49,3)4/h5-33H,1-2H2,3-4H3. The van der Waals surface area contributed by atoms with E-state index in [0.29, 0.717) is 5.56 Å². The van der Waals surface area contributed by atoms with Crippen molar-refractivity contribution in [2.75, 3.05) is 0 Å². The zero-order valence-electron chi connectivity index (χ0n) is 34.4. The number of benzene rings is 8. The molecule has 0 saturated carbocycles. The summed E-state index contributed by atoms with van der Waals surface area (Å²) in [6.07, 6.45) is 3.42. The Bertz CT molecular complexity index is 4020. The van der Waals surface area contributed by atoms with Gasteiger partial charge in [0.2, 0.25) is 0 Å². The summed E-state index contributed by atoms with van der Waals surface area (Å²) < 4.78 is 6.76. The SMILES string of the molecule is C=Cc1c(C=C)c2cccc3c4cc(-c5cccc(-n6c7ccccc7c7cc(-n8c9ccccc9c9ccc%10c(c98)-c8ccccc8C%10(C)C)ccc76)c5)ccc4n(c1=O)c23. The Morgan fingerprint density at radius 3 is 1.89 bits per heavy atom. The molecule has 62 heavy (non-hydrogen) atoms. The van der Waals surface area contributed by atoms with Gasteiger partial charge in [-0.15, -0.1) is 0 Å². The Kier molecular flexibility index (Phi) is 6.92. The first-order valence-corrected chi connectivity index (χ1v) is 21.3. The van der Waals surface area contributed by atoms with E-state index in [-0.39, 0.29) is 11.0 Å². The Labute approximate surface area is 357 Å². The topological polar surface area (TPSA) is 31.3 Å². The van der Waals surface area contributed by atoms with Crippen molar-refractivity contribution in [3.63, 3.8) is 0 Å². The summed E-state index contributed by atoms with van der Waals surface area (Å²) in [4.78, 5) is 13.9. The van der Waals surface area contributed by atoms with Crippen LogP contribution in [0.4, 0.5) is 0 Å². The van der Waals surface area contributed by atoms with Gasteiger partial charge in [-0.25, -0.2) is 0 Å². The third kappa shape index (κ3) is 4.38. The highest BCUT2D eigenvalue weighted by atomic mass is 16.1. The van der Waals surface area contributed by atoms with Crippen molar-refractivity contribution < 1.29 is 0 Å². The molecule has 0 saturated heterocycles. The Morgan fingerprint density at radius 1 is 0.452 bits per heavy atom. The summed E-state index contributed by atoms with van der Waals surface area (Å²) in [6, 6.07) is 59.8. The Balaban J connectivity index is 1.01. The average molecular weight is 794 g/mol. The van der Waals surface area contributed by atoms with E-state index in [1.54, 1.807) is 12.2 Å². The van der Waals surface area contributed by atoms with Crippen LogP contribution < -0.4 is 5.56 Å². The van der Waals surface area contributed by atoms with Crippen LogP contribution in [-0.2, 0) is 5.41 Å². The summed E-state index contributed by atoms with van der Waals surface area (Å²) >= 11 is 0. The number of fused-ring (bicyclic) bond motifs is 13. The average Bonchev–Trinajstić information content (AvgIpc) is 4.01. The molecule has 4 heterocycles. The van der Waals surface area contributed by atoms with E-state index in [2.05, 4.69) is 200 Å². The number of aromatic nitrogens is 3. The Morgan fingerprint density at radius 2 is 1.06 bits per heavy atom. The monoisotopic (exact) mass is 793 g/mol. The lowest BCUT2D eigenvalue weighted by molar-refractivity contribution is 0.661. The predicted octanol–water partition coefficient (Wildman–Crippen LogP) is 14.5. The van der Waals surface area contributed by atoms with Crippen molar-refractivity contribution in [2.45, 2.75) is 19.3 Å². The number of rotatable bonds is 5. The summed E-state index contributed by atoms with van der Waals surface area (Å²) in [5, 5.41) is 8.03. The molecule has 0 N–H and O–H groups in total. The highest BCUT2D eigenvalue weighted by Crippen LogP contribution is 2.53. The molecule has 4 aromatic heterocycles. The largest absolute Gasteiger partial charge is 0.309 e. The number of hydrogen-bond acceptors (Lipinski definition) is 1. The van der Waals surface area contributed by atoms with E-state index in [1.165, 1.54) is 54.8 Å². The van der Waals surface area contributed by atoms with Gasteiger partial charge in [-0.05, 0) is 88.0 Å². The van der Waals surface area contributed by atoms with Crippen LogP contribution in [0.1, 0.15) is 36.1 Å². The van der Waals surface area contributed by atoms with E-state index in [1.807, 2.05) is 4.40 Å². The van der Waals surface area contributed by atoms with Crippen LogP contribution in [0.5, 0.6) is 0 Å². The van der Waals surface area contributed by atoms with Crippen LogP contribution in [0, 0.1) is 0 Å². The molecular weight excluding hydrogens is 755 g/mol. The molecule has 13 rings (SSSR count). The highest BCUT2D eigenvalue weighted by molar-refractivity contribution is 6.18.